The first-order valence-corrected chi connectivity index (χ1v) is 5.86. The van der Waals surface area contributed by atoms with Crippen molar-refractivity contribution in [3.63, 3.8) is 0 Å². The van der Waals surface area contributed by atoms with Crippen LogP contribution in [0.4, 0.5) is 23.2 Å². The highest BCUT2D eigenvalue weighted by Gasteiger charge is 2.33. The molecule has 0 atom stereocenters. The number of halogens is 4. The first-order valence-electron chi connectivity index (χ1n) is 5.86. The second-order valence-corrected chi connectivity index (χ2v) is 4.14. The normalized spacial score (nSPS) is 11.4. The summed E-state index contributed by atoms with van der Waals surface area (Å²) in [6.45, 7) is -0.0793. The highest BCUT2D eigenvalue weighted by molar-refractivity contribution is 5.41. The molecule has 2 aromatic carbocycles. The van der Waals surface area contributed by atoms with Crippen molar-refractivity contribution in [2.45, 2.75) is 12.7 Å². The molecule has 0 unspecified atom stereocenters. The van der Waals surface area contributed by atoms with Gasteiger partial charge in [-0.3, -0.25) is 0 Å². The second-order valence-electron chi connectivity index (χ2n) is 4.14. The predicted molar refractivity (Wildman–Crippen MR) is 68.3 cm³/mol. The van der Waals surface area contributed by atoms with Crippen molar-refractivity contribution < 1.29 is 17.6 Å². The molecule has 0 fully saturated rings. The number of rotatable bonds is 4. The van der Waals surface area contributed by atoms with Gasteiger partial charge in [-0.25, -0.2) is 9.82 Å². The summed E-state index contributed by atoms with van der Waals surface area (Å²) in [5, 5.41) is 0. The maximum absolute atomic E-state index is 12.9. The van der Waals surface area contributed by atoms with E-state index in [1.54, 1.807) is 24.3 Å². The highest BCUT2D eigenvalue weighted by atomic mass is 19.4. The van der Waals surface area contributed by atoms with E-state index in [2.05, 4.69) is 10.9 Å². The van der Waals surface area contributed by atoms with Crippen LogP contribution in [0.1, 0.15) is 11.1 Å². The van der Waals surface area contributed by atoms with Gasteiger partial charge in [0.25, 0.3) is 0 Å². The lowest BCUT2D eigenvalue weighted by Gasteiger charge is -2.14. The molecule has 2 rings (SSSR count). The maximum atomic E-state index is 12.9. The number of alkyl halides is 3. The van der Waals surface area contributed by atoms with Crippen LogP contribution in [-0.4, -0.2) is 0 Å². The molecule has 0 aliphatic rings. The van der Waals surface area contributed by atoms with E-state index < -0.39 is 17.6 Å². The topological polar surface area (TPSA) is 24.1 Å². The van der Waals surface area contributed by atoms with Crippen molar-refractivity contribution in [2.75, 3.05) is 5.43 Å². The summed E-state index contributed by atoms with van der Waals surface area (Å²) in [7, 11) is 0. The third-order valence-corrected chi connectivity index (χ3v) is 2.66. The molecule has 2 aromatic rings. The fourth-order valence-corrected chi connectivity index (χ4v) is 1.73. The number of hydrogen-bond acceptors (Lipinski definition) is 2. The van der Waals surface area contributed by atoms with E-state index in [0.717, 1.165) is 17.8 Å². The summed E-state index contributed by atoms with van der Waals surface area (Å²) in [6, 6.07) is 11.6. The molecule has 0 aliphatic heterocycles. The largest absolute Gasteiger partial charge is 0.416 e. The maximum Gasteiger partial charge on any atom is 0.416 e. The van der Waals surface area contributed by atoms with E-state index in [1.807, 2.05) is 6.07 Å². The van der Waals surface area contributed by atoms with Gasteiger partial charge in [0.15, 0.2) is 0 Å². The zero-order chi connectivity index (χ0) is 14.6. The molecule has 106 valence electrons. The Morgan fingerprint density at radius 1 is 0.950 bits per heavy atom. The molecule has 2 N–H and O–H groups in total. The van der Waals surface area contributed by atoms with Gasteiger partial charge in [-0.05, 0) is 29.8 Å². The van der Waals surface area contributed by atoms with Gasteiger partial charge >= 0.3 is 6.18 Å². The third kappa shape index (κ3) is 3.71. The smallest absolute Gasteiger partial charge is 0.321 e. The molecule has 20 heavy (non-hydrogen) atoms. The quantitative estimate of drug-likeness (QED) is 0.656. The standard InChI is InChI=1S/C14H12F4N2/c15-11-7-6-10(13(8-11)14(16,17)18)9-19-20-12-4-2-1-3-5-12/h1-8,19-20H,9H2. The van der Waals surface area contributed by atoms with E-state index in [-0.39, 0.29) is 12.1 Å². The van der Waals surface area contributed by atoms with Crippen LogP contribution in [0.2, 0.25) is 0 Å². The average Bonchev–Trinajstić information content (AvgIpc) is 2.40. The molecule has 0 bridgehead atoms. The Labute approximate surface area is 113 Å². The lowest BCUT2D eigenvalue weighted by molar-refractivity contribution is -0.138. The Bertz CT molecular complexity index is 567. The van der Waals surface area contributed by atoms with E-state index in [1.165, 1.54) is 0 Å². The fraction of sp³-hybridized carbons (Fsp3) is 0.143. The molecule has 0 saturated heterocycles. The molecule has 0 aromatic heterocycles. The Morgan fingerprint density at radius 3 is 2.30 bits per heavy atom. The molecule has 0 heterocycles. The van der Waals surface area contributed by atoms with Crippen LogP contribution in [0, 0.1) is 5.82 Å². The van der Waals surface area contributed by atoms with E-state index in [0.29, 0.717) is 6.07 Å². The van der Waals surface area contributed by atoms with Crippen LogP contribution in [0.5, 0.6) is 0 Å². The van der Waals surface area contributed by atoms with Crippen molar-refractivity contribution >= 4 is 5.69 Å². The zero-order valence-electron chi connectivity index (χ0n) is 10.3. The van der Waals surface area contributed by atoms with E-state index >= 15 is 0 Å². The summed E-state index contributed by atoms with van der Waals surface area (Å²) < 4.78 is 51.2. The first-order chi connectivity index (χ1) is 9.47. The Kier molecular flexibility index (Phi) is 4.24. The number of hydrogen-bond donors (Lipinski definition) is 2. The molecule has 0 aliphatic carbocycles. The molecule has 0 spiro atoms. The highest BCUT2D eigenvalue weighted by Crippen LogP contribution is 2.32. The Hall–Kier alpha value is -2.08. The molecule has 6 heteroatoms. The number of benzene rings is 2. The fourth-order valence-electron chi connectivity index (χ4n) is 1.73. The van der Waals surface area contributed by atoms with E-state index in [9.17, 15) is 17.6 Å². The van der Waals surface area contributed by atoms with Crippen LogP contribution in [-0.2, 0) is 12.7 Å². The van der Waals surface area contributed by atoms with Gasteiger partial charge in [0, 0.05) is 12.2 Å². The zero-order valence-corrected chi connectivity index (χ0v) is 10.3. The molecule has 0 saturated carbocycles. The van der Waals surface area contributed by atoms with Gasteiger partial charge in [0.1, 0.15) is 5.82 Å². The van der Waals surface area contributed by atoms with Crippen LogP contribution in [0.3, 0.4) is 0 Å². The Balaban J connectivity index is 2.06. The average molecular weight is 284 g/mol. The molecule has 0 radical (unpaired) electrons. The third-order valence-electron chi connectivity index (χ3n) is 2.66. The van der Waals surface area contributed by atoms with Crippen molar-refractivity contribution in [2.24, 2.45) is 0 Å². The lowest BCUT2D eigenvalue weighted by atomic mass is 10.1. The summed E-state index contributed by atoms with van der Waals surface area (Å²) in [5.41, 5.74) is 5.18. The van der Waals surface area contributed by atoms with Crippen LogP contribution in [0.25, 0.3) is 0 Å². The SMILES string of the molecule is Fc1ccc(CNNc2ccccc2)c(C(F)(F)F)c1. The Morgan fingerprint density at radius 2 is 1.65 bits per heavy atom. The molecule has 2 nitrogen and oxygen atoms in total. The summed E-state index contributed by atoms with van der Waals surface area (Å²) in [6.07, 6.45) is -4.58. The van der Waals surface area contributed by atoms with Gasteiger partial charge < -0.3 is 5.43 Å². The van der Waals surface area contributed by atoms with Crippen molar-refractivity contribution in [3.05, 3.63) is 65.5 Å². The van der Waals surface area contributed by atoms with Crippen LogP contribution < -0.4 is 10.9 Å². The second kappa shape index (κ2) is 5.92. The lowest BCUT2D eigenvalue weighted by Crippen LogP contribution is -2.23. The minimum Gasteiger partial charge on any atom is -0.321 e. The minimum absolute atomic E-state index is 0.0256. The molecular formula is C14H12F4N2. The van der Waals surface area contributed by atoms with Crippen LogP contribution >= 0.6 is 0 Å². The number of anilines is 1. The number of para-hydroxylation sites is 1. The van der Waals surface area contributed by atoms with Gasteiger partial charge in [0.2, 0.25) is 0 Å². The van der Waals surface area contributed by atoms with Crippen molar-refractivity contribution in [3.8, 4) is 0 Å². The monoisotopic (exact) mass is 284 g/mol. The summed E-state index contributed by atoms with van der Waals surface area (Å²) >= 11 is 0. The minimum atomic E-state index is -4.58. The molecule has 0 amide bonds. The first kappa shape index (κ1) is 14.3. The van der Waals surface area contributed by atoms with Crippen LogP contribution in [0.15, 0.2) is 48.5 Å². The van der Waals surface area contributed by atoms with Gasteiger partial charge in [-0.2, -0.15) is 13.2 Å². The summed E-state index contributed by atoms with van der Waals surface area (Å²) in [5.74, 6) is -0.905. The predicted octanol–water partition coefficient (Wildman–Crippen LogP) is 3.96. The van der Waals surface area contributed by atoms with Crippen molar-refractivity contribution in [1.82, 2.24) is 5.43 Å². The van der Waals surface area contributed by atoms with Gasteiger partial charge in [-0.1, -0.05) is 24.3 Å². The number of nitrogens with one attached hydrogen (secondary N) is 2. The number of hydrazine groups is 1. The summed E-state index contributed by atoms with van der Waals surface area (Å²) in [4.78, 5) is 0. The van der Waals surface area contributed by atoms with Gasteiger partial charge in [-0.15, -0.1) is 0 Å². The van der Waals surface area contributed by atoms with Gasteiger partial charge in [0.05, 0.1) is 5.56 Å². The van der Waals surface area contributed by atoms with E-state index in [4.69, 9.17) is 0 Å². The molecular weight excluding hydrogens is 272 g/mol. The van der Waals surface area contributed by atoms with Crippen molar-refractivity contribution in [1.29, 1.82) is 0 Å².